The van der Waals surface area contributed by atoms with Crippen LogP contribution in [0.4, 0.5) is 5.82 Å². The minimum Gasteiger partial charge on any atom is -0.377 e. The Bertz CT molecular complexity index is 1210. The van der Waals surface area contributed by atoms with Gasteiger partial charge in [-0.15, -0.1) is 0 Å². The van der Waals surface area contributed by atoms with Crippen LogP contribution in [0.15, 0.2) is 18.2 Å². The molecule has 0 radical (unpaired) electrons. The van der Waals surface area contributed by atoms with Crippen molar-refractivity contribution in [2.75, 3.05) is 44.5 Å². The van der Waals surface area contributed by atoms with Crippen LogP contribution in [0, 0.1) is 6.92 Å². The van der Waals surface area contributed by atoms with E-state index in [2.05, 4.69) is 30.0 Å². The van der Waals surface area contributed by atoms with E-state index in [1.165, 1.54) is 22.7 Å². The fourth-order valence-electron chi connectivity index (χ4n) is 5.13. The number of hydrogen-bond acceptors (Lipinski definition) is 8. The smallest absolute Gasteiger partial charge is 0.150 e. The summed E-state index contributed by atoms with van der Waals surface area (Å²) in [5.41, 5.74) is 6.34. The predicted octanol–water partition coefficient (Wildman–Crippen LogP) is 4.59. The lowest BCUT2D eigenvalue weighted by atomic mass is 10.0. The standard InChI is InChI=1S/C25H31N5O3S/c1-16-13-20(30(27-16)22-5-3-4-9-33-22)23-24-25(34-28-23)19(18-6-10-31-11-7-18)14-21(26-24)29-8-12-32-15-17(29)2/h6,13-14,17,22H,3-5,7-12,15H2,1-2H3/t17-,22?/m1/s1. The molecule has 3 aromatic rings. The summed E-state index contributed by atoms with van der Waals surface area (Å²) in [6, 6.07) is 4.63. The summed E-state index contributed by atoms with van der Waals surface area (Å²) in [4.78, 5) is 7.58. The average Bonchev–Trinajstić information content (AvgIpc) is 3.48. The fraction of sp³-hybridized carbons (Fsp3) is 0.560. The quantitative estimate of drug-likeness (QED) is 0.539. The largest absolute Gasteiger partial charge is 0.377 e. The van der Waals surface area contributed by atoms with Crippen LogP contribution in [0.1, 0.15) is 50.1 Å². The van der Waals surface area contributed by atoms with Crippen molar-refractivity contribution in [2.45, 2.75) is 51.8 Å². The summed E-state index contributed by atoms with van der Waals surface area (Å²) in [7, 11) is 0. The van der Waals surface area contributed by atoms with Gasteiger partial charge in [0.1, 0.15) is 17.0 Å². The molecule has 0 spiro atoms. The van der Waals surface area contributed by atoms with E-state index < -0.39 is 0 Å². The number of fused-ring (bicyclic) bond motifs is 1. The maximum atomic E-state index is 6.09. The molecule has 9 heteroatoms. The van der Waals surface area contributed by atoms with Gasteiger partial charge < -0.3 is 19.1 Å². The van der Waals surface area contributed by atoms with E-state index in [1.54, 1.807) is 0 Å². The second-order valence-corrected chi connectivity index (χ2v) is 10.1. The number of ether oxygens (including phenoxy) is 3. The SMILES string of the molecule is Cc1cc(-c2nsc3c(C4=CCOCC4)cc(N4CCOC[C@H]4C)nc23)n(C2CCCCO2)n1. The lowest BCUT2D eigenvalue weighted by Crippen LogP contribution is -2.44. The van der Waals surface area contributed by atoms with Crippen molar-refractivity contribution in [1.82, 2.24) is 19.1 Å². The van der Waals surface area contributed by atoms with Gasteiger partial charge in [0.2, 0.25) is 0 Å². The molecular formula is C25H31N5O3S. The Morgan fingerprint density at radius 2 is 2.06 bits per heavy atom. The molecule has 2 saturated heterocycles. The third kappa shape index (κ3) is 4.04. The molecule has 2 fully saturated rings. The van der Waals surface area contributed by atoms with Gasteiger partial charge in [0.25, 0.3) is 0 Å². The third-order valence-electron chi connectivity index (χ3n) is 6.91. The maximum Gasteiger partial charge on any atom is 0.150 e. The van der Waals surface area contributed by atoms with Crippen molar-refractivity contribution >= 4 is 33.1 Å². The zero-order valence-electron chi connectivity index (χ0n) is 19.8. The van der Waals surface area contributed by atoms with Crippen LogP contribution in [0.2, 0.25) is 0 Å². The van der Waals surface area contributed by atoms with Gasteiger partial charge in [-0.1, -0.05) is 6.08 Å². The zero-order valence-corrected chi connectivity index (χ0v) is 20.6. The molecule has 2 atom stereocenters. The minimum absolute atomic E-state index is 0.0469. The molecule has 0 bridgehead atoms. The highest BCUT2D eigenvalue weighted by atomic mass is 32.1. The number of pyridine rings is 1. The number of hydrogen-bond donors (Lipinski definition) is 0. The number of morpholine rings is 1. The first-order valence-electron chi connectivity index (χ1n) is 12.3. The second-order valence-electron chi connectivity index (χ2n) is 9.35. The summed E-state index contributed by atoms with van der Waals surface area (Å²) < 4.78 is 25.5. The van der Waals surface area contributed by atoms with E-state index in [-0.39, 0.29) is 12.3 Å². The lowest BCUT2D eigenvalue weighted by molar-refractivity contribution is -0.0385. The normalized spacial score (nSPS) is 23.9. The first-order chi connectivity index (χ1) is 16.7. The topological polar surface area (TPSA) is 74.5 Å². The molecule has 3 aromatic heterocycles. The van der Waals surface area contributed by atoms with Gasteiger partial charge in [-0.25, -0.2) is 9.67 Å². The molecule has 6 rings (SSSR count). The highest BCUT2D eigenvalue weighted by Gasteiger charge is 2.27. The first-order valence-corrected chi connectivity index (χ1v) is 13.1. The Morgan fingerprint density at radius 1 is 1.12 bits per heavy atom. The van der Waals surface area contributed by atoms with Gasteiger partial charge in [0.15, 0.2) is 6.23 Å². The van der Waals surface area contributed by atoms with Crippen molar-refractivity contribution < 1.29 is 14.2 Å². The molecule has 0 aromatic carbocycles. The van der Waals surface area contributed by atoms with Gasteiger partial charge in [0.05, 0.1) is 48.6 Å². The summed E-state index contributed by atoms with van der Waals surface area (Å²) in [5, 5.41) is 4.81. The van der Waals surface area contributed by atoms with Crippen molar-refractivity contribution in [3.63, 3.8) is 0 Å². The highest BCUT2D eigenvalue weighted by Crippen LogP contribution is 2.40. The van der Waals surface area contributed by atoms with Crippen LogP contribution in [-0.4, -0.2) is 64.8 Å². The molecule has 0 aliphatic carbocycles. The summed E-state index contributed by atoms with van der Waals surface area (Å²) in [6.45, 7) is 8.67. The fourth-order valence-corrected chi connectivity index (χ4v) is 6.01. The molecule has 6 heterocycles. The second kappa shape index (κ2) is 9.37. The minimum atomic E-state index is -0.0469. The lowest BCUT2D eigenvalue weighted by Gasteiger charge is -2.34. The monoisotopic (exact) mass is 481 g/mol. The van der Waals surface area contributed by atoms with E-state index in [0.29, 0.717) is 13.2 Å². The molecule has 3 aliphatic rings. The van der Waals surface area contributed by atoms with E-state index in [4.69, 9.17) is 28.7 Å². The number of rotatable bonds is 4. The molecule has 0 saturated carbocycles. The number of anilines is 1. The number of aryl methyl sites for hydroxylation is 1. The molecule has 34 heavy (non-hydrogen) atoms. The van der Waals surface area contributed by atoms with Gasteiger partial charge in [0, 0.05) is 18.7 Å². The average molecular weight is 482 g/mol. The Hall–Kier alpha value is -2.33. The van der Waals surface area contributed by atoms with Crippen LogP contribution in [0.3, 0.4) is 0 Å². The van der Waals surface area contributed by atoms with Gasteiger partial charge in [-0.05, 0) is 68.8 Å². The van der Waals surface area contributed by atoms with Crippen LogP contribution < -0.4 is 4.90 Å². The molecule has 8 nitrogen and oxygen atoms in total. The van der Waals surface area contributed by atoms with Crippen LogP contribution in [0.5, 0.6) is 0 Å². The number of aromatic nitrogens is 4. The molecule has 1 unspecified atom stereocenters. The van der Waals surface area contributed by atoms with Crippen LogP contribution >= 0.6 is 11.5 Å². The van der Waals surface area contributed by atoms with Crippen LogP contribution in [0.25, 0.3) is 27.2 Å². The van der Waals surface area contributed by atoms with Crippen molar-refractivity contribution in [1.29, 1.82) is 0 Å². The Labute approximate surface area is 203 Å². The highest BCUT2D eigenvalue weighted by molar-refractivity contribution is 7.14. The molecular weight excluding hydrogens is 450 g/mol. The van der Waals surface area contributed by atoms with E-state index in [9.17, 15) is 0 Å². The Kier molecular flexibility index (Phi) is 6.11. The Morgan fingerprint density at radius 3 is 2.85 bits per heavy atom. The molecule has 3 aliphatic heterocycles. The molecule has 0 amide bonds. The first kappa shape index (κ1) is 22.2. The van der Waals surface area contributed by atoms with E-state index in [0.717, 1.165) is 85.2 Å². The van der Waals surface area contributed by atoms with Gasteiger partial charge >= 0.3 is 0 Å². The summed E-state index contributed by atoms with van der Waals surface area (Å²) in [5.74, 6) is 0.990. The molecule has 180 valence electrons. The zero-order chi connectivity index (χ0) is 23.1. The van der Waals surface area contributed by atoms with Crippen LogP contribution in [-0.2, 0) is 14.2 Å². The third-order valence-corrected chi connectivity index (χ3v) is 7.78. The van der Waals surface area contributed by atoms with E-state index in [1.807, 2.05) is 11.6 Å². The number of nitrogens with zero attached hydrogens (tertiary/aromatic N) is 5. The van der Waals surface area contributed by atoms with Crippen molar-refractivity contribution in [3.05, 3.63) is 29.5 Å². The van der Waals surface area contributed by atoms with Gasteiger partial charge in [-0.3, -0.25) is 0 Å². The summed E-state index contributed by atoms with van der Waals surface area (Å²) in [6.07, 6.45) is 6.29. The molecule has 0 N–H and O–H groups in total. The van der Waals surface area contributed by atoms with Gasteiger partial charge in [-0.2, -0.15) is 9.47 Å². The van der Waals surface area contributed by atoms with Crippen molar-refractivity contribution in [3.8, 4) is 11.4 Å². The maximum absolute atomic E-state index is 6.09. The van der Waals surface area contributed by atoms with Crippen molar-refractivity contribution in [2.24, 2.45) is 0 Å². The predicted molar refractivity (Wildman–Crippen MR) is 133 cm³/mol. The Balaban J connectivity index is 1.52. The summed E-state index contributed by atoms with van der Waals surface area (Å²) >= 11 is 1.53. The van der Waals surface area contributed by atoms with E-state index >= 15 is 0 Å².